The summed E-state index contributed by atoms with van der Waals surface area (Å²) >= 11 is 3.00. The number of nitrogen functional groups attached to an aromatic ring is 2. The van der Waals surface area contributed by atoms with Gasteiger partial charge in [0.2, 0.25) is 16.7 Å². The SMILES string of the molecule is Nc1nc(C(=NO)C(=O)N[C@@H]2C(=O)N3C(C(=O)O)=C(Sc4nnc(N)s4)CC[C@H]23)ns1. The Morgan fingerprint density at radius 3 is 2.65 bits per heavy atom. The molecule has 0 saturated carbocycles. The zero-order valence-corrected chi connectivity index (χ0v) is 17.7. The Labute approximate surface area is 185 Å². The number of aromatic nitrogens is 4. The van der Waals surface area contributed by atoms with E-state index in [4.69, 9.17) is 16.7 Å². The molecule has 0 spiro atoms. The number of oxime groups is 1. The van der Waals surface area contributed by atoms with E-state index >= 15 is 0 Å². The zero-order valence-electron chi connectivity index (χ0n) is 15.3. The third kappa shape index (κ3) is 3.77. The van der Waals surface area contributed by atoms with E-state index in [1.807, 2.05) is 0 Å². The Balaban J connectivity index is 1.52. The van der Waals surface area contributed by atoms with Crippen LogP contribution in [0, 0.1) is 0 Å². The standard InChI is InChI=1S/C14H13N9O5S3/c15-12-18-8(22-31-12)6(21-28)9(24)17-5-3-1-2-4(29-14-20-19-13(16)30-14)7(11(26)27)23(3)10(5)25/h3,5,28H,1-2H2,(H2,16,19)(H,17,24)(H,26,27)(H2,15,18,22)/t3-,5+/m1/s1. The maximum Gasteiger partial charge on any atom is 0.353 e. The second-order valence-electron chi connectivity index (χ2n) is 6.26. The first kappa shape index (κ1) is 20.9. The van der Waals surface area contributed by atoms with Gasteiger partial charge in [-0.2, -0.15) is 9.36 Å². The molecular formula is C14H13N9O5S3. The first-order valence-electron chi connectivity index (χ1n) is 8.49. The largest absolute Gasteiger partial charge is 0.477 e. The van der Waals surface area contributed by atoms with Crippen LogP contribution in [0.25, 0.3) is 0 Å². The van der Waals surface area contributed by atoms with Crippen LogP contribution in [0.4, 0.5) is 10.3 Å². The normalized spacial score (nSPS) is 21.0. The molecule has 17 heteroatoms. The highest BCUT2D eigenvalue weighted by Crippen LogP contribution is 2.43. The van der Waals surface area contributed by atoms with Gasteiger partial charge in [0, 0.05) is 16.4 Å². The third-order valence-electron chi connectivity index (χ3n) is 4.48. The minimum atomic E-state index is -1.28. The van der Waals surface area contributed by atoms with Gasteiger partial charge in [-0.25, -0.2) is 4.79 Å². The van der Waals surface area contributed by atoms with Gasteiger partial charge in [-0.3, -0.25) is 14.5 Å². The molecule has 2 atom stereocenters. The summed E-state index contributed by atoms with van der Waals surface area (Å²) in [6, 6.07) is -1.56. The molecule has 2 aliphatic heterocycles. The number of allylic oxidation sites excluding steroid dienone is 1. The average Bonchev–Trinajstić information content (AvgIpc) is 3.34. The predicted molar refractivity (Wildman–Crippen MR) is 109 cm³/mol. The van der Waals surface area contributed by atoms with Gasteiger partial charge in [0.15, 0.2) is 9.47 Å². The minimum absolute atomic E-state index is 0.0700. The van der Waals surface area contributed by atoms with Crippen LogP contribution in [0.15, 0.2) is 20.1 Å². The Kier molecular flexibility index (Phi) is 5.46. The van der Waals surface area contributed by atoms with Gasteiger partial charge < -0.3 is 27.1 Å². The summed E-state index contributed by atoms with van der Waals surface area (Å²) in [5.74, 6) is -2.95. The van der Waals surface area contributed by atoms with E-state index in [9.17, 15) is 19.5 Å². The van der Waals surface area contributed by atoms with Gasteiger partial charge >= 0.3 is 5.97 Å². The number of fused-ring (bicyclic) bond motifs is 1. The molecule has 2 aromatic heterocycles. The monoisotopic (exact) mass is 483 g/mol. The number of β-lactam (4-membered cyclic amide) rings is 1. The number of hydrogen-bond donors (Lipinski definition) is 5. The van der Waals surface area contributed by atoms with E-state index in [2.05, 4.69) is 30.0 Å². The smallest absolute Gasteiger partial charge is 0.353 e. The number of carbonyl (C=O) groups excluding carboxylic acids is 2. The van der Waals surface area contributed by atoms with Gasteiger partial charge in [0.1, 0.15) is 11.7 Å². The lowest BCUT2D eigenvalue weighted by Gasteiger charge is -2.49. The van der Waals surface area contributed by atoms with Crippen molar-refractivity contribution in [2.45, 2.75) is 29.3 Å². The highest BCUT2D eigenvalue weighted by Gasteiger charge is 2.54. The number of thioether (sulfide) groups is 1. The zero-order chi connectivity index (χ0) is 22.3. The minimum Gasteiger partial charge on any atom is -0.477 e. The summed E-state index contributed by atoms with van der Waals surface area (Å²) in [6.07, 6.45) is 0.745. The molecule has 4 heterocycles. The van der Waals surface area contributed by atoms with Gasteiger partial charge in [0.05, 0.1) is 6.04 Å². The number of nitrogens with zero attached hydrogens (tertiary/aromatic N) is 6. The lowest BCUT2D eigenvalue weighted by atomic mass is 9.86. The highest BCUT2D eigenvalue weighted by molar-refractivity contribution is 8.04. The molecule has 7 N–H and O–H groups in total. The van der Waals surface area contributed by atoms with Crippen LogP contribution < -0.4 is 16.8 Å². The Morgan fingerprint density at radius 1 is 1.29 bits per heavy atom. The van der Waals surface area contributed by atoms with Crippen molar-refractivity contribution in [3.05, 3.63) is 16.4 Å². The van der Waals surface area contributed by atoms with E-state index in [0.717, 1.165) is 39.5 Å². The predicted octanol–water partition coefficient (Wildman–Crippen LogP) is -0.690. The number of aliphatic carboxylic acids is 1. The van der Waals surface area contributed by atoms with Crippen LogP contribution in [0.1, 0.15) is 18.7 Å². The number of rotatable bonds is 6. The van der Waals surface area contributed by atoms with Crippen LogP contribution in [0.3, 0.4) is 0 Å². The summed E-state index contributed by atoms with van der Waals surface area (Å²) in [5, 5.41) is 32.1. The molecule has 4 rings (SSSR count). The molecule has 0 radical (unpaired) electrons. The summed E-state index contributed by atoms with van der Waals surface area (Å²) < 4.78 is 4.26. The summed E-state index contributed by atoms with van der Waals surface area (Å²) in [6.45, 7) is 0. The van der Waals surface area contributed by atoms with Crippen LogP contribution >= 0.6 is 34.6 Å². The maximum atomic E-state index is 12.7. The van der Waals surface area contributed by atoms with E-state index < -0.39 is 35.6 Å². The van der Waals surface area contributed by atoms with E-state index in [1.54, 1.807) is 0 Å². The van der Waals surface area contributed by atoms with Gasteiger partial charge in [-0.05, 0) is 12.8 Å². The molecule has 162 valence electrons. The second kappa shape index (κ2) is 8.08. The second-order valence-corrected chi connectivity index (χ2v) is 9.39. The number of carboxylic acid groups (broad SMARTS) is 1. The number of anilines is 2. The first-order valence-corrected chi connectivity index (χ1v) is 10.9. The molecular weight excluding hydrogens is 470 g/mol. The van der Waals surface area contributed by atoms with Gasteiger partial charge in [-0.1, -0.05) is 28.3 Å². The third-order valence-corrected chi connectivity index (χ3v) is 6.97. The molecule has 2 aliphatic rings. The summed E-state index contributed by atoms with van der Waals surface area (Å²) in [7, 11) is 0. The Morgan fingerprint density at radius 2 is 2.06 bits per heavy atom. The molecule has 14 nitrogen and oxygen atoms in total. The summed E-state index contributed by atoms with van der Waals surface area (Å²) in [5.41, 5.74) is 10.4. The van der Waals surface area contributed by atoms with Crippen LogP contribution in [0.5, 0.6) is 0 Å². The highest BCUT2D eigenvalue weighted by atomic mass is 32.2. The fourth-order valence-electron chi connectivity index (χ4n) is 3.23. The van der Waals surface area contributed by atoms with Crippen molar-refractivity contribution in [3.8, 4) is 0 Å². The molecule has 0 bridgehead atoms. The molecule has 0 aliphatic carbocycles. The molecule has 1 saturated heterocycles. The van der Waals surface area contributed by atoms with E-state index in [1.165, 1.54) is 0 Å². The number of carboxylic acids is 1. The first-order chi connectivity index (χ1) is 14.8. The molecule has 2 amide bonds. The lowest BCUT2D eigenvalue weighted by molar-refractivity contribution is -0.155. The van der Waals surface area contributed by atoms with Crippen molar-refractivity contribution in [1.29, 1.82) is 0 Å². The van der Waals surface area contributed by atoms with Crippen LogP contribution in [0.2, 0.25) is 0 Å². The van der Waals surface area contributed by atoms with Crippen LogP contribution in [-0.2, 0) is 14.4 Å². The molecule has 1 fully saturated rings. The fraction of sp³-hybridized carbons (Fsp3) is 0.286. The average molecular weight is 484 g/mol. The fourth-order valence-corrected chi connectivity index (χ4v) is 5.52. The van der Waals surface area contributed by atoms with Crippen molar-refractivity contribution in [2.24, 2.45) is 5.16 Å². The number of carbonyl (C=O) groups is 3. The van der Waals surface area contributed by atoms with Crippen molar-refractivity contribution >= 4 is 68.4 Å². The molecule has 2 aromatic rings. The number of nitrogens with one attached hydrogen (secondary N) is 1. The van der Waals surface area contributed by atoms with Crippen LogP contribution in [-0.4, -0.2) is 70.3 Å². The number of amides is 2. The lowest BCUT2D eigenvalue weighted by Crippen LogP contribution is -2.72. The van der Waals surface area contributed by atoms with Crippen molar-refractivity contribution in [1.82, 2.24) is 29.8 Å². The quantitative estimate of drug-likeness (QED) is 0.149. The number of hydrogen-bond acceptors (Lipinski definition) is 14. The molecule has 31 heavy (non-hydrogen) atoms. The number of nitrogens with two attached hydrogens (primary N) is 2. The molecule has 0 unspecified atom stereocenters. The van der Waals surface area contributed by atoms with Crippen molar-refractivity contribution in [3.63, 3.8) is 0 Å². The molecule has 0 aromatic carbocycles. The van der Waals surface area contributed by atoms with E-state index in [0.29, 0.717) is 22.1 Å². The Hall–Kier alpha value is -3.31. The van der Waals surface area contributed by atoms with Gasteiger partial charge in [-0.15, -0.1) is 10.2 Å². The summed E-state index contributed by atoms with van der Waals surface area (Å²) in [4.78, 5) is 42.4. The van der Waals surface area contributed by atoms with Crippen molar-refractivity contribution < 1.29 is 24.7 Å². The Bertz CT molecular complexity index is 1140. The van der Waals surface area contributed by atoms with E-state index in [-0.39, 0.29) is 21.8 Å². The topological polar surface area (TPSA) is 223 Å². The van der Waals surface area contributed by atoms with Crippen molar-refractivity contribution in [2.75, 3.05) is 11.5 Å². The van der Waals surface area contributed by atoms with Gasteiger partial charge in [0.25, 0.3) is 11.8 Å². The maximum absolute atomic E-state index is 12.7.